The molecule has 0 saturated heterocycles. The SMILES string of the molecule is CC(O)C1(C)CCC(C)(C)C1=O. The van der Waals surface area contributed by atoms with Crippen LogP contribution in [0.5, 0.6) is 0 Å². The van der Waals surface area contributed by atoms with Gasteiger partial charge in [0.25, 0.3) is 0 Å². The van der Waals surface area contributed by atoms with Crippen molar-refractivity contribution in [2.45, 2.75) is 46.6 Å². The van der Waals surface area contributed by atoms with Crippen molar-refractivity contribution in [1.29, 1.82) is 0 Å². The summed E-state index contributed by atoms with van der Waals surface area (Å²) in [7, 11) is 0. The van der Waals surface area contributed by atoms with Gasteiger partial charge in [-0.2, -0.15) is 0 Å². The van der Waals surface area contributed by atoms with Crippen molar-refractivity contribution in [2.75, 3.05) is 0 Å². The highest BCUT2D eigenvalue weighted by Gasteiger charge is 2.51. The molecule has 1 saturated carbocycles. The zero-order valence-corrected chi connectivity index (χ0v) is 8.35. The van der Waals surface area contributed by atoms with Gasteiger partial charge in [-0.15, -0.1) is 0 Å². The van der Waals surface area contributed by atoms with Crippen LogP contribution in [0.3, 0.4) is 0 Å². The molecule has 1 N–H and O–H groups in total. The molecule has 0 radical (unpaired) electrons. The first-order chi connectivity index (χ1) is 5.31. The van der Waals surface area contributed by atoms with Crippen LogP contribution in [-0.2, 0) is 4.79 Å². The van der Waals surface area contributed by atoms with Gasteiger partial charge in [-0.3, -0.25) is 4.79 Å². The summed E-state index contributed by atoms with van der Waals surface area (Å²) in [6, 6.07) is 0. The zero-order valence-electron chi connectivity index (χ0n) is 8.35. The van der Waals surface area contributed by atoms with Crippen LogP contribution in [0.2, 0.25) is 0 Å². The van der Waals surface area contributed by atoms with Crippen molar-refractivity contribution in [1.82, 2.24) is 0 Å². The van der Waals surface area contributed by atoms with Gasteiger partial charge in [-0.05, 0) is 19.8 Å². The minimum absolute atomic E-state index is 0.213. The molecule has 0 heterocycles. The summed E-state index contributed by atoms with van der Waals surface area (Å²) in [5.41, 5.74) is -0.727. The highest BCUT2D eigenvalue weighted by atomic mass is 16.3. The van der Waals surface area contributed by atoms with Crippen molar-refractivity contribution in [2.24, 2.45) is 10.8 Å². The lowest BCUT2D eigenvalue weighted by atomic mass is 9.78. The molecule has 1 aliphatic rings. The Morgan fingerprint density at radius 3 is 2.00 bits per heavy atom. The molecule has 0 aliphatic heterocycles. The quantitative estimate of drug-likeness (QED) is 0.651. The Morgan fingerprint density at radius 2 is 1.83 bits per heavy atom. The largest absolute Gasteiger partial charge is 0.392 e. The van der Waals surface area contributed by atoms with Crippen molar-refractivity contribution in [3.8, 4) is 0 Å². The fraction of sp³-hybridized carbons (Fsp3) is 0.900. The Bertz CT molecular complexity index is 206. The van der Waals surface area contributed by atoms with Crippen molar-refractivity contribution in [3.63, 3.8) is 0 Å². The second-order valence-corrected chi connectivity index (χ2v) is 4.81. The van der Waals surface area contributed by atoms with Gasteiger partial charge < -0.3 is 5.11 Å². The first-order valence-corrected chi connectivity index (χ1v) is 4.54. The third-order valence-electron chi connectivity index (χ3n) is 3.32. The molecule has 0 spiro atoms. The second-order valence-electron chi connectivity index (χ2n) is 4.81. The fourth-order valence-electron chi connectivity index (χ4n) is 1.97. The number of rotatable bonds is 1. The Labute approximate surface area is 74.0 Å². The number of ketones is 1. The summed E-state index contributed by atoms with van der Waals surface area (Å²) < 4.78 is 0. The Morgan fingerprint density at radius 1 is 1.33 bits per heavy atom. The highest BCUT2D eigenvalue weighted by Crippen LogP contribution is 2.47. The van der Waals surface area contributed by atoms with Crippen molar-refractivity contribution >= 4 is 5.78 Å². The van der Waals surface area contributed by atoms with Crippen LogP contribution < -0.4 is 0 Å². The lowest BCUT2D eigenvalue weighted by molar-refractivity contribution is -0.136. The first-order valence-electron chi connectivity index (χ1n) is 4.54. The molecule has 2 heteroatoms. The maximum Gasteiger partial charge on any atom is 0.146 e. The van der Waals surface area contributed by atoms with E-state index >= 15 is 0 Å². The topological polar surface area (TPSA) is 37.3 Å². The van der Waals surface area contributed by atoms with Crippen LogP contribution in [-0.4, -0.2) is 17.0 Å². The van der Waals surface area contributed by atoms with E-state index in [0.29, 0.717) is 0 Å². The third-order valence-corrected chi connectivity index (χ3v) is 3.32. The summed E-state index contributed by atoms with van der Waals surface area (Å²) in [4.78, 5) is 11.8. The molecule has 2 nitrogen and oxygen atoms in total. The standard InChI is InChI=1S/C10H18O2/c1-7(11)10(4)6-5-9(2,3)8(10)12/h7,11H,5-6H2,1-4H3. The second kappa shape index (κ2) is 2.56. The van der Waals surface area contributed by atoms with Gasteiger partial charge in [0, 0.05) is 5.41 Å². The molecule has 0 amide bonds. The summed E-state index contributed by atoms with van der Waals surface area (Å²) in [6.45, 7) is 7.50. The minimum atomic E-state index is -0.522. The van der Waals surface area contributed by atoms with E-state index in [2.05, 4.69) is 0 Å². The minimum Gasteiger partial charge on any atom is -0.392 e. The van der Waals surface area contributed by atoms with E-state index in [1.165, 1.54) is 0 Å². The number of hydrogen-bond acceptors (Lipinski definition) is 2. The normalized spacial score (nSPS) is 36.9. The molecule has 1 fully saturated rings. The Hall–Kier alpha value is -0.370. The average Bonchev–Trinajstić information content (AvgIpc) is 2.15. The van der Waals surface area contributed by atoms with Crippen molar-refractivity contribution in [3.05, 3.63) is 0 Å². The highest BCUT2D eigenvalue weighted by molar-refractivity contribution is 5.91. The fourth-order valence-corrected chi connectivity index (χ4v) is 1.97. The number of hydrogen-bond donors (Lipinski definition) is 1. The molecule has 2 atom stereocenters. The maximum atomic E-state index is 11.8. The number of carbonyl (C=O) groups is 1. The van der Waals surface area contributed by atoms with E-state index in [4.69, 9.17) is 0 Å². The van der Waals surface area contributed by atoms with Gasteiger partial charge in [0.2, 0.25) is 0 Å². The smallest absolute Gasteiger partial charge is 0.146 e. The zero-order chi connectivity index (χ0) is 9.57. The molecule has 1 aliphatic carbocycles. The summed E-state index contributed by atoms with van der Waals surface area (Å²) in [5, 5.41) is 9.49. The van der Waals surface area contributed by atoms with Gasteiger partial charge >= 0.3 is 0 Å². The predicted molar refractivity (Wildman–Crippen MR) is 47.8 cm³/mol. The molecule has 12 heavy (non-hydrogen) atoms. The molecular weight excluding hydrogens is 152 g/mol. The molecule has 0 bridgehead atoms. The number of carbonyl (C=O) groups excluding carboxylic acids is 1. The number of aliphatic hydroxyl groups is 1. The number of aliphatic hydroxyl groups excluding tert-OH is 1. The molecule has 1 rings (SSSR count). The van der Waals surface area contributed by atoms with E-state index in [9.17, 15) is 9.90 Å². The van der Waals surface area contributed by atoms with Gasteiger partial charge in [0.1, 0.15) is 5.78 Å². The monoisotopic (exact) mass is 170 g/mol. The van der Waals surface area contributed by atoms with Crippen LogP contribution >= 0.6 is 0 Å². The van der Waals surface area contributed by atoms with Gasteiger partial charge in [0.15, 0.2) is 0 Å². The van der Waals surface area contributed by atoms with Crippen LogP contribution in [0.4, 0.5) is 0 Å². The van der Waals surface area contributed by atoms with Gasteiger partial charge in [0.05, 0.1) is 11.5 Å². The van der Waals surface area contributed by atoms with E-state index in [1.54, 1.807) is 6.92 Å². The van der Waals surface area contributed by atoms with Gasteiger partial charge in [-0.1, -0.05) is 20.8 Å². The molecule has 0 aromatic carbocycles. The summed E-state index contributed by atoms with van der Waals surface area (Å²) in [5.74, 6) is 0.213. The molecule has 0 aromatic rings. The molecule has 2 unspecified atom stereocenters. The van der Waals surface area contributed by atoms with E-state index < -0.39 is 11.5 Å². The van der Waals surface area contributed by atoms with Crippen molar-refractivity contribution < 1.29 is 9.90 Å². The van der Waals surface area contributed by atoms with Crippen LogP contribution in [0, 0.1) is 10.8 Å². The van der Waals surface area contributed by atoms with Crippen LogP contribution in [0.1, 0.15) is 40.5 Å². The summed E-state index contributed by atoms with van der Waals surface area (Å²) >= 11 is 0. The third kappa shape index (κ3) is 1.18. The van der Waals surface area contributed by atoms with E-state index in [0.717, 1.165) is 12.8 Å². The molecule has 0 aromatic heterocycles. The Kier molecular flexibility index (Phi) is 2.07. The van der Waals surface area contributed by atoms with E-state index in [1.807, 2.05) is 20.8 Å². The Balaban J connectivity index is 2.93. The van der Waals surface area contributed by atoms with E-state index in [-0.39, 0.29) is 11.2 Å². The van der Waals surface area contributed by atoms with Gasteiger partial charge in [-0.25, -0.2) is 0 Å². The lowest BCUT2D eigenvalue weighted by Crippen LogP contribution is -2.38. The van der Waals surface area contributed by atoms with Crippen LogP contribution in [0.25, 0.3) is 0 Å². The maximum absolute atomic E-state index is 11.8. The summed E-state index contributed by atoms with van der Waals surface area (Å²) in [6.07, 6.45) is 1.19. The predicted octanol–water partition coefficient (Wildman–Crippen LogP) is 1.76. The lowest BCUT2D eigenvalue weighted by Gasteiger charge is -2.27. The average molecular weight is 170 g/mol. The molecular formula is C10H18O2. The molecule has 70 valence electrons. The number of Topliss-reactive ketones (excluding diaryl/α,β-unsaturated/α-hetero) is 1. The first kappa shape index (κ1) is 9.72. The van der Waals surface area contributed by atoms with Crippen LogP contribution in [0.15, 0.2) is 0 Å².